The first kappa shape index (κ1) is 14.1. The Labute approximate surface area is 120 Å². The van der Waals surface area contributed by atoms with Crippen LogP contribution in [0.5, 0.6) is 0 Å². The van der Waals surface area contributed by atoms with Crippen molar-refractivity contribution < 1.29 is 8.42 Å². The van der Waals surface area contributed by atoms with Gasteiger partial charge in [0.05, 0.1) is 0 Å². The Bertz CT molecular complexity index is 544. The van der Waals surface area contributed by atoms with Crippen molar-refractivity contribution in [2.45, 2.75) is 49.6 Å². The van der Waals surface area contributed by atoms with Crippen LogP contribution in [0.2, 0.25) is 0 Å². The fraction of sp³-hybridized carbons (Fsp3) is 0.692. The third-order valence-corrected chi connectivity index (χ3v) is 5.15. The van der Waals surface area contributed by atoms with Crippen LogP contribution >= 0.6 is 0 Å². The number of nitrogens with one attached hydrogen (secondary N) is 3. The van der Waals surface area contributed by atoms with Crippen molar-refractivity contribution in [1.82, 2.24) is 20.1 Å². The molecular formula is C13H22N4O2S. The van der Waals surface area contributed by atoms with Crippen molar-refractivity contribution in [2.24, 2.45) is 0 Å². The Hall–Kier alpha value is -0.890. The number of hydrogen-bond acceptors (Lipinski definition) is 4. The van der Waals surface area contributed by atoms with E-state index in [9.17, 15) is 8.42 Å². The van der Waals surface area contributed by atoms with Gasteiger partial charge < -0.3 is 10.3 Å². The van der Waals surface area contributed by atoms with E-state index in [0.29, 0.717) is 17.5 Å². The van der Waals surface area contributed by atoms with Gasteiger partial charge in [-0.1, -0.05) is 6.42 Å². The summed E-state index contributed by atoms with van der Waals surface area (Å²) in [5.41, 5.74) is 0.913. The van der Waals surface area contributed by atoms with Crippen molar-refractivity contribution >= 4 is 10.0 Å². The zero-order chi connectivity index (χ0) is 14.0. The van der Waals surface area contributed by atoms with E-state index >= 15 is 0 Å². The van der Waals surface area contributed by atoms with Gasteiger partial charge in [0.25, 0.3) is 10.0 Å². The number of rotatable bonds is 6. The molecule has 7 heteroatoms. The van der Waals surface area contributed by atoms with E-state index in [1.54, 1.807) is 17.3 Å². The van der Waals surface area contributed by atoms with Gasteiger partial charge in [0.1, 0.15) is 4.90 Å². The summed E-state index contributed by atoms with van der Waals surface area (Å²) in [6.07, 6.45) is 7.29. The van der Waals surface area contributed by atoms with E-state index in [1.807, 2.05) is 0 Å². The molecule has 1 aliphatic heterocycles. The number of hydrazine groups is 1. The standard InChI is InChI=1S/C13H22N4O2S/c18-20(19,16-17-6-2-1-3-7-17)13-8-12(15-10-13)9-14-11-4-5-11/h8,10-11,14-16H,1-7,9H2. The normalized spacial score (nSPS) is 21.2. The lowest BCUT2D eigenvalue weighted by Gasteiger charge is -2.26. The lowest BCUT2D eigenvalue weighted by atomic mass is 10.2. The lowest BCUT2D eigenvalue weighted by Crippen LogP contribution is -2.44. The molecule has 2 heterocycles. The number of piperidine rings is 1. The van der Waals surface area contributed by atoms with Crippen LogP contribution in [0.3, 0.4) is 0 Å². The number of sulfonamides is 1. The second-order valence-corrected chi connectivity index (χ2v) is 7.32. The average Bonchev–Trinajstić information content (AvgIpc) is 3.13. The molecule has 1 saturated carbocycles. The molecule has 6 nitrogen and oxygen atoms in total. The van der Waals surface area contributed by atoms with Crippen molar-refractivity contribution in [2.75, 3.05) is 13.1 Å². The van der Waals surface area contributed by atoms with Crippen molar-refractivity contribution in [3.63, 3.8) is 0 Å². The highest BCUT2D eigenvalue weighted by Gasteiger charge is 2.23. The predicted molar refractivity (Wildman–Crippen MR) is 76.4 cm³/mol. The first-order valence-electron chi connectivity index (χ1n) is 7.31. The fourth-order valence-electron chi connectivity index (χ4n) is 2.43. The average molecular weight is 298 g/mol. The maximum atomic E-state index is 12.3. The maximum absolute atomic E-state index is 12.3. The van der Waals surface area contributed by atoms with Crippen molar-refractivity contribution in [3.05, 3.63) is 18.0 Å². The van der Waals surface area contributed by atoms with Crippen LogP contribution in [-0.2, 0) is 16.6 Å². The Balaban J connectivity index is 1.60. The zero-order valence-corrected chi connectivity index (χ0v) is 12.4. The molecule has 1 saturated heterocycles. The second-order valence-electron chi connectivity index (χ2n) is 5.66. The zero-order valence-electron chi connectivity index (χ0n) is 11.6. The minimum Gasteiger partial charge on any atom is -0.363 e. The molecule has 0 aromatic carbocycles. The Morgan fingerprint density at radius 2 is 2.00 bits per heavy atom. The first-order chi connectivity index (χ1) is 9.63. The highest BCUT2D eigenvalue weighted by molar-refractivity contribution is 7.89. The minimum absolute atomic E-state index is 0.315. The van der Waals surface area contributed by atoms with Gasteiger partial charge in [0.2, 0.25) is 0 Å². The second kappa shape index (κ2) is 5.85. The van der Waals surface area contributed by atoms with Crippen LogP contribution in [0.25, 0.3) is 0 Å². The summed E-state index contributed by atoms with van der Waals surface area (Å²) >= 11 is 0. The highest BCUT2D eigenvalue weighted by atomic mass is 32.2. The topological polar surface area (TPSA) is 77.2 Å². The number of H-pyrrole nitrogens is 1. The summed E-state index contributed by atoms with van der Waals surface area (Å²) in [7, 11) is -3.45. The smallest absolute Gasteiger partial charge is 0.254 e. The molecule has 1 aromatic heterocycles. The monoisotopic (exact) mass is 298 g/mol. The van der Waals surface area contributed by atoms with Crippen LogP contribution in [0.1, 0.15) is 37.8 Å². The molecule has 0 atom stereocenters. The summed E-state index contributed by atoms with van der Waals surface area (Å²) in [6, 6.07) is 2.33. The summed E-state index contributed by atoms with van der Waals surface area (Å²) in [5.74, 6) is 0. The summed E-state index contributed by atoms with van der Waals surface area (Å²) in [4.78, 5) is 6.01. The Kier molecular flexibility index (Phi) is 4.11. The molecule has 3 N–H and O–H groups in total. The van der Waals surface area contributed by atoms with Gasteiger partial charge in [0.15, 0.2) is 0 Å². The SMILES string of the molecule is O=S(=O)(NN1CCCCC1)c1c[nH]c(CNC2CC2)c1. The van der Waals surface area contributed by atoms with Gasteiger partial charge in [-0.25, -0.2) is 13.4 Å². The van der Waals surface area contributed by atoms with Gasteiger partial charge in [-0.3, -0.25) is 0 Å². The molecule has 112 valence electrons. The van der Waals surface area contributed by atoms with Gasteiger partial charge in [-0.15, -0.1) is 4.83 Å². The molecule has 2 aliphatic rings. The highest BCUT2D eigenvalue weighted by Crippen LogP contribution is 2.19. The molecule has 3 rings (SSSR count). The quantitative estimate of drug-likeness (QED) is 0.730. The third-order valence-electron chi connectivity index (χ3n) is 3.79. The number of aromatic nitrogens is 1. The van der Waals surface area contributed by atoms with Crippen LogP contribution in [-0.4, -0.2) is 37.5 Å². The summed E-state index contributed by atoms with van der Waals surface area (Å²) < 4.78 is 24.5. The third kappa shape index (κ3) is 3.60. The largest absolute Gasteiger partial charge is 0.363 e. The van der Waals surface area contributed by atoms with E-state index in [4.69, 9.17) is 0 Å². The minimum atomic E-state index is -3.45. The fourth-order valence-corrected chi connectivity index (χ4v) is 3.57. The lowest BCUT2D eigenvalue weighted by molar-refractivity contribution is 0.200. The number of nitrogens with zero attached hydrogens (tertiary/aromatic N) is 1. The molecule has 0 unspecified atom stereocenters. The van der Waals surface area contributed by atoms with Crippen LogP contribution in [0.4, 0.5) is 0 Å². The first-order valence-corrected chi connectivity index (χ1v) is 8.80. The van der Waals surface area contributed by atoms with Crippen LogP contribution < -0.4 is 10.1 Å². The molecule has 0 radical (unpaired) electrons. The van der Waals surface area contributed by atoms with Crippen molar-refractivity contribution in [1.29, 1.82) is 0 Å². The van der Waals surface area contributed by atoms with E-state index < -0.39 is 10.0 Å². The molecule has 1 aliphatic carbocycles. The van der Waals surface area contributed by atoms with Gasteiger partial charge >= 0.3 is 0 Å². The van der Waals surface area contributed by atoms with Crippen LogP contribution in [0.15, 0.2) is 17.2 Å². The molecule has 0 spiro atoms. The number of aromatic amines is 1. The summed E-state index contributed by atoms with van der Waals surface area (Å²) in [6.45, 7) is 2.28. The molecule has 1 aromatic rings. The Morgan fingerprint density at radius 3 is 2.70 bits per heavy atom. The molecule has 2 fully saturated rings. The number of hydrogen-bond donors (Lipinski definition) is 3. The van der Waals surface area contributed by atoms with E-state index in [-0.39, 0.29) is 0 Å². The van der Waals surface area contributed by atoms with E-state index in [0.717, 1.165) is 31.6 Å². The van der Waals surface area contributed by atoms with E-state index in [2.05, 4.69) is 15.1 Å². The van der Waals surface area contributed by atoms with Gasteiger partial charge in [0, 0.05) is 37.6 Å². The van der Waals surface area contributed by atoms with E-state index in [1.165, 1.54) is 19.3 Å². The molecule has 20 heavy (non-hydrogen) atoms. The predicted octanol–water partition coefficient (Wildman–Crippen LogP) is 0.946. The molecular weight excluding hydrogens is 276 g/mol. The van der Waals surface area contributed by atoms with Crippen LogP contribution in [0, 0.1) is 0 Å². The summed E-state index contributed by atoms with van der Waals surface area (Å²) in [5, 5.41) is 5.16. The maximum Gasteiger partial charge on any atom is 0.254 e. The van der Waals surface area contributed by atoms with Crippen molar-refractivity contribution in [3.8, 4) is 0 Å². The molecule has 0 bridgehead atoms. The Morgan fingerprint density at radius 1 is 1.25 bits per heavy atom. The van der Waals surface area contributed by atoms with Gasteiger partial charge in [-0.2, -0.15) is 0 Å². The molecule has 0 amide bonds. The van der Waals surface area contributed by atoms with Gasteiger partial charge in [-0.05, 0) is 31.7 Å².